The molecule has 0 aromatic heterocycles. The second-order valence-corrected chi connectivity index (χ2v) is 2.62. The lowest BCUT2D eigenvalue weighted by molar-refractivity contribution is 0.173. The highest BCUT2D eigenvalue weighted by molar-refractivity contribution is 5.55. The fraction of sp³-hybridized carbons (Fsp3) is 0.200. The van der Waals surface area contributed by atoms with Crippen LogP contribution in [-0.2, 0) is 0 Å². The molecule has 0 amide bonds. The number of fused-ring (bicyclic) bond motifs is 1. The van der Waals surface area contributed by atoms with E-state index in [1.807, 2.05) is 19.1 Å². The molecule has 1 aliphatic rings. The topological polar surface area (TPSA) is 18.5 Å². The first kappa shape index (κ1) is 7.05. The Labute approximate surface area is 71.1 Å². The molecule has 0 atom stereocenters. The van der Waals surface area contributed by atoms with Gasteiger partial charge in [-0.15, -0.1) is 6.42 Å². The third-order valence-electron chi connectivity index (χ3n) is 1.94. The summed E-state index contributed by atoms with van der Waals surface area (Å²) in [5.74, 6) is 4.16. The number of terminal acetylenes is 1. The summed E-state index contributed by atoms with van der Waals surface area (Å²) in [6, 6.07) is 3.70. The largest absolute Gasteiger partial charge is 0.454 e. The minimum Gasteiger partial charge on any atom is -0.454 e. The predicted octanol–water partition coefficient (Wildman–Crippen LogP) is 1.71. The van der Waals surface area contributed by atoms with E-state index >= 15 is 0 Å². The van der Waals surface area contributed by atoms with Crippen molar-refractivity contribution in [2.45, 2.75) is 6.92 Å². The van der Waals surface area contributed by atoms with Gasteiger partial charge < -0.3 is 9.47 Å². The van der Waals surface area contributed by atoms with Crippen molar-refractivity contribution in [1.82, 2.24) is 0 Å². The molecule has 2 nitrogen and oxygen atoms in total. The Balaban J connectivity index is 2.63. The van der Waals surface area contributed by atoms with E-state index in [9.17, 15) is 0 Å². The van der Waals surface area contributed by atoms with Gasteiger partial charge in [0.25, 0.3) is 0 Å². The van der Waals surface area contributed by atoms with Crippen LogP contribution in [0.2, 0.25) is 0 Å². The fourth-order valence-corrected chi connectivity index (χ4v) is 1.27. The van der Waals surface area contributed by atoms with Gasteiger partial charge in [0.05, 0.1) is 0 Å². The summed E-state index contributed by atoms with van der Waals surface area (Å²) in [6.07, 6.45) is 5.30. The van der Waals surface area contributed by atoms with Gasteiger partial charge in [-0.05, 0) is 19.1 Å². The quantitative estimate of drug-likeness (QED) is 0.538. The summed E-state index contributed by atoms with van der Waals surface area (Å²) < 4.78 is 10.4. The van der Waals surface area contributed by atoms with E-state index in [0.717, 1.165) is 22.6 Å². The van der Waals surface area contributed by atoms with Crippen LogP contribution in [0.5, 0.6) is 11.5 Å². The Bertz CT molecular complexity index is 361. The van der Waals surface area contributed by atoms with Crippen molar-refractivity contribution in [2.24, 2.45) is 0 Å². The van der Waals surface area contributed by atoms with Crippen LogP contribution in [0.4, 0.5) is 0 Å². The lowest BCUT2D eigenvalue weighted by Gasteiger charge is -2.01. The lowest BCUT2D eigenvalue weighted by atomic mass is 10.1. The van der Waals surface area contributed by atoms with Crippen molar-refractivity contribution >= 4 is 0 Å². The fourth-order valence-electron chi connectivity index (χ4n) is 1.27. The van der Waals surface area contributed by atoms with Crippen molar-refractivity contribution in [1.29, 1.82) is 0 Å². The third kappa shape index (κ3) is 0.835. The van der Waals surface area contributed by atoms with E-state index < -0.39 is 0 Å². The third-order valence-corrected chi connectivity index (χ3v) is 1.94. The Kier molecular flexibility index (Phi) is 1.44. The first-order chi connectivity index (χ1) is 5.83. The summed E-state index contributed by atoms with van der Waals surface area (Å²) in [7, 11) is 0. The van der Waals surface area contributed by atoms with E-state index in [0.29, 0.717) is 6.79 Å². The lowest BCUT2D eigenvalue weighted by Crippen LogP contribution is -1.93. The zero-order valence-electron chi connectivity index (χ0n) is 6.76. The predicted molar refractivity (Wildman–Crippen MR) is 45.2 cm³/mol. The molecule has 0 saturated carbocycles. The van der Waals surface area contributed by atoms with Gasteiger partial charge in [-0.2, -0.15) is 0 Å². The molecule has 0 unspecified atom stereocenters. The van der Waals surface area contributed by atoms with Gasteiger partial charge in [-0.25, -0.2) is 0 Å². The van der Waals surface area contributed by atoms with Crippen molar-refractivity contribution in [3.8, 4) is 23.8 Å². The summed E-state index contributed by atoms with van der Waals surface area (Å²) in [5.41, 5.74) is 1.84. The zero-order valence-corrected chi connectivity index (χ0v) is 6.76. The van der Waals surface area contributed by atoms with Crippen molar-refractivity contribution in [3.63, 3.8) is 0 Å². The zero-order chi connectivity index (χ0) is 8.55. The summed E-state index contributed by atoms with van der Waals surface area (Å²) in [5, 5.41) is 0. The highest BCUT2D eigenvalue weighted by atomic mass is 16.7. The molecule has 1 aromatic carbocycles. The first-order valence-corrected chi connectivity index (χ1v) is 3.68. The van der Waals surface area contributed by atoms with Crippen LogP contribution >= 0.6 is 0 Å². The van der Waals surface area contributed by atoms with Crippen molar-refractivity contribution < 1.29 is 9.47 Å². The Morgan fingerprint density at radius 3 is 3.00 bits per heavy atom. The Morgan fingerprint density at radius 2 is 2.25 bits per heavy atom. The molecule has 2 heteroatoms. The monoisotopic (exact) mass is 160 g/mol. The van der Waals surface area contributed by atoms with Crippen LogP contribution in [-0.4, -0.2) is 6.79 Å². The van der Waals surface area contributed by atoms with Crippen LogP contribution in [0.1, 0.15) is 11.1 Å². The highest BCUT2D eigenvalue weighted by Crippen LogP contribution is 2.36. The molecule has 0 spiro atoms. The standard InChI is InChI=1S/C10H8O2/c1-3-8-4-5-9-10(7(8)2)12-6-11-9/h1,4-5H,6H2,2H3. The molecule has 0 saturated heterocycles. The second-order valence-electron chi connectivity index (χ2n) is 2.62. The van der Waals surface area contributed by atoms with Gasteiger partial charge in [0.15, 0.2) is 11.5 Å². The van der Waals surface area contributed by atoms with Gasteiger partial charge in [-0.3, -0.25) is 0 Å². The SMILES string of the molecule is C#Cc1ccc2c(c1C)OCO2. The van der Waals surface area contributed by atoms with Gasteiger partial charge in [0.2, 0.25) is 6.79 Å². The van der Waals surface area contributed by atoms with E-state index in [1.165, 1.54) is 0 Å². The average molecular weight is 160 g/mol. The van der Waals surface area contributed by atoms with Crippen LogP contribution in [0.15, 0.2) is 12.1 Å². The molecule has 12 heavy (non-hydrogen) atoms. The summed E-state index contributed by atoms with van der Waals surface area (Å²) in [4.78, 5) is 0. The molecule has 0 radical (unpaired) electrons. The van der Waals surface area contributed by atoms with Crippen LogP contribution in [0, 0.1) is 19.3 Å². The number of hydrogen-bond acceptors (Lipinski definition) is 2. The second kappa shape index (κ2) is 2.46. The van der Waals surface area contributed by atoms with E-state index in [4.69, 9.17) is 15.9 Å². The van der Waals surface area contributed by atoms with Gasteiger partial charge >= 0.3 is 0 Å². The first-order valence-electron chi connectivity index (χ1n) is 3.68. The maximum absolute atomic E-state index is 5.30. The number of rotatable bonds is 0. The molecule has 2 rings (SSSR count). The van der Waals surface area contributed by atoms with Crippen molar-refractivity contribution in [3.05, 3.63) is 23.3 Å². The number of benzene rings is 1. The molecule has 0 fully saturated rings. The van der Waals surface area contributed by atoms with Gasteiger partial charge in [0.1, 0.15) is 0 Å². The average Bonchev–Trinajstić information content (AvgIpc) is 2.53. The van der Waals surface area contributed by atoms with E-state index in [2.05, 4.69) is 5.92 Å². The van der Waals surface area contributed by atoms with Crippen LogP contribution < -0.4 is 9.47 Å². The summed E-state index contributed by atoms with van der Waals surface area (Å²) in [6.45, 7) is 2.23. The highest BCUT2D eigenvalue weighted by Gasteiger charge is 2.16. The maximum Gasteiger partial charge on any atom is 0.231 e. The molecular weight excluding hydrogens is 152 g/mol. The molecule has 1 aliphatic heterocycles. The minimum atomic E-state index is 0.296. The van der Waals surface area contributed by atoms with Crippen LogP contribution in [0.3, 0.4) is 0 Å². The Morgan fingerprint density at radius 1 is 1.42 bits per heavy atom. The van der Waals surface area contributed by atoms with Gasteiger partial charge in [0, 0.05) is 11.1 Å². The summed E-state index contributed by atoms with van der Waals surface area (Å²) >= 11 is 0. The Hall–Kier alpha value is -1.62. The molecule has 60 valence electrons. The molecular formula is C10H8O2. The van der Waals surface area contributed by atoms with Crippen molar-refractivity contribution in [2.75, 3.05) is 6.79 Å². The van der Waals surface area contributed by atoms with Crippen LogP contribution in [0.25, 0.3) is 0 Å². The molecule has 0 aliphatic carbocycles. The molecule has 0 N–H and O–H groups in total. The maximum atomic E-state index is 5.30. The normalized spacial score (nSPS) is 12.7. The van der Waals surface area contributed by atoms with E-state index in [-0.39, 0.29) is 0 Å². The minimum absolute atomic E-state index is 0.296. The van der Waals surface area contributed by atoms with Gasteiger partial charge in [-0.1, -0.05) is 5.92 Å². The molecule has 0 bridgehead atoms. The molecule has 1 aromatic rings. The smallest absolute Gasteiger partial charge is 0.231 e. The number of ether oxygens (including phenoxy) is 2. The van der Waals surface area contributed by atoms with E-state index in [1.54, 1.807) is 0 Å². The number of hydrogen-bond donors (Lipinski definition) is 0. The molecule has 1 heterocycles.